The van der Waals surface area contributed by atoms with Crippen LogP contribution in [0.2, 0.25) is 5.02 Å². The molecule has 0 aliphatic heterocycles. The fourth-order valence-corrected chi connectivity index (χ4v) is 1.58. The summed E-state index contributed by atoms with van der Waals surface area (Å²) in [6, 6.07) is 7.30. The molecule has 0 saturated carbocycles. The van der Waals surface area contributed by atoms with Gasteiger partial charge in [-0.05, 0) is 43.2 Å². The second-order valence-electron chi connectivity index (χ2n) is 3.86. The molecule has 2 aromatic rings. The standard InChI is InChI=1S/C13H13ClN2O/c1-8-3-4-10(14)7-11(8)17-13-12(15)9(2)5-6-16-13/h3-7H,15H2,1-2H3. The Kier molecular flexibility index (Phi) is 3.20. The lowest BCUT2D eigenvalue weighted by Crippen LogP contribution is -1.98. The van der Waals surface area contributed by atoms with Gasteiger partial charge < -0.3 is 10.5 Å². The summed E-state index contributed by atoms with van der Waals surface area (Å²) < 4.78 is 5.68. The molecule has 1 aromatic carbocycles. The van der Waals surface area contributed by atoms with E-state index in [-0.39, 0.29) is 0 Å². The minimum absolute atomic E-state index is 0.412. The topological polar surface area (TPSA) is 48.1 Å². The number of hydrogen-bond donors (Lipinski definition) is 1. The quantitative estimate of drug-likeness (QED) is 0.881. The van der Waals surface area contributed by atoms with Crippen LogP contribution in [0.4, 0.5) is 5.69 Å². The van der Waals surface area contributed by atoms with E-state index < -0.39 is 0 Å². The van der Waals surface area contributed by atoms with E-state index in [0.29, 0.717) is 22.3 Å². The Bertz CT molecular complexity index is 555. The number of nitrogens with two attached hydrogens (primary N) is 1. The minimum atomic E-state index is 0.412. The van der Waals surface area contributed by atoms with Crippen LogP contribution in [0.25, 0.3) is 0 Å². The number of hydrogen-bond acceptors (Lipinski definition) is 3. The SMILES string of the molecule is Cc1ccc(Cl)cc1Oc1nccc(C)c1N. The monoisotopic (exact) mass is 248 g/mol. The molecule has 0 saturated heterocycles. The van der Waals surface area contributed by atoms with E-state index in [9.17, 15) is 0 Å². The average Bonchev–Trinajstić information content (AvgIpc) is 2.30. The van der Waals surface area contributed by atoms with E-state index in [0.717, 1.165) is 11.1 Å². The van der Waals surface area contributed by atoms with Crippen LogP contribution in [0.15, 0.2) is 30.5 Å². The van der Waals surface area contributed by atoms with Crippen molar-refractivity contribution in [2.24, 2.45) is 0 Å². The number of nitrogens with zero attached hydrogens (tertiary/aromatic N) is 1. The van der Waals surface area contributed by atoms with Crippen molar-refractivity contribution in [1.82, 2.24) is 4.98 Å². The number of pyridine rings is 1. The maximum absolute atomic E-state index is 5.92. The van der Waals surface area contributed by atoms with E-state index in [4.69, 9.17) is 22.1 Å². The van der Waals surface area contributed by atoms with Crippen LogP contribution in [0.1, 0.15) is 11.1 Å². The van der Waals surface area contributed by atoms with Gasteiger partial charge in [-0.15, -0.1) is 0 Å². The van der Waals surface area contributed by atoms with Gasteiger partial charge in [-0.2, -0.15) is 0 Å². The summed E-state index contributed by atoms with van der Waals surface area (Å²) >= 11 is 5.92. The summed E-state index contributed by atoms with van der Waals surface area (Å²) in [7, 11) is 0. The number of rotatable bonds is 2. The summed E-state index contributed by atoms with van der Waals surface area (Å²) in [6.07, 6.45) is 1.67. The molecule has 1 heterocycles. The number of anilines is 1. The Morgan fingerprint density at radius 1 is 1.18 bits per heavy atom. The van der Waals surface area contributed by atoms with Gasteiger partial charge in [0.2, 0.25) is 5.88 Å². The first-order valence-electron chi connectivity index (χ1n) is 5.23. The molecule has 4 heteroatoms. The van der Waals surface area contributed by atoms with E-state index in [2.05, 4.69) is 4.98 Å². The molecule has 0 unspecified atom stereocenters. The molecule has 17 heavy (non-hydrogen) atoms. The Morgan fingerprint density at radius 2 is 1.94 bits per heavy atom. The highest BCUT2D eigenvalue weighted by Gasteiger charge is 2.08. The van der Waals surface area contributed by atoms with Crippen molar-refractivity contribution < 1.29 is 4.74 Å². The molecule has 0 radical (unpaired) electrons. The number of halogens is 1. The lowest BCUT2D eigenvalue weighted by Gasteiger charge is -2.11. The summed E-state index contributed by atoms with van der Waals surface area (Å²) in [6.45, 7) is 3.85. The van der Waals surface area contributed by atoms with Gasteiger partial charge in [0, 0.05) is 11.2 Å². The van der Waals surface area contributed by atoms with Crippen LogP contribution in [0.5, 0.6) is 11.6 Å². The van der Waals surface area contributed by atoms with Gasteiger partial charge in [-0.25, -0.2) is 4.98 Å². The normalized spacial score (nSPS) is 10.3. The van der Waals surface area contributed by atoms with Gasteiger partial charge in [-0.1, -0.05) is 17.7 Å². The Morgan fingerprint density at radius 3 is 2.71 bits per heavy atom. The van der Waals surface area contributed by atoms with Crippen LogP contribution in [-0.2, 0) is 0 Å². The lowest BCUT2D eigenvalue weighted by molar-refractivity contribution is 0.462. The number of nitrogen functional groups attached to an aromatic ring is 1. The fraction of sp³-hybridized carbons (Fsp3) is 0.154. The molecular formula is C13H13ClN2O. The highest BCUT2D eigenvalue weighted by molar-refractivity contribution is 6.30. The Hall–Kier alpha value is -1.74. The first-order chi connectivity index (χ1) is 8.08. The van der Waals surface area contributed by atoms with Crippen molar-refractivity contribution in [3.63, 3.8) is 0 Å². The van der Waals surface area contributed by atoms with Crippen LogP contribution in [-0.4, -0.2) is 4.98 Å². The van der Waals surface area contributed by atoms with Crippen LogP contribution >= 0.6 is 11.6 Å². The predicted octanol–water partition coefficient (Wildman–Crippen LogP) is 3.73. The molecule has 3 nitrogen and oxygen atoms in total. The average molecular weight is 249 g/mol. The smallest absolute Gasteiger partial charge is 0.242 e. The molecule has 88 valence electrons. The molecule has 0 amide bonds. The number of benzene rings is 1. The number of aryl methyl sites for hydroxylation is 2. The van der Waals surface area contributed by atoms with Gasteiger partial charge in [0.25, 0.3) is 0 Å². The van der Waals surface area contributed by atoms with Crippen molar-refractivity contribution in [2.45, 2.75) is 13.8 Å². The highest BCUT2D eigenvalue weighted by atomic mass is 35.5. The number of ether oxygens (including phenoxy) is 1. The van der Waals surface area contributed by atoms with Gasteiger partial charge in [0.15, 0.2) is 0 Å². The summed E-state index contributed by atoms with van der Waals surface area (Å²) in [5.41, 5.74) is 8.37. The zero-order valence-electron chi connectivity index (χ0n) is 9.70. The molecule has 0 aliphatic carbocycles. The van der Waals surface area contributed by atoms with Gasteiger partial charge in [-0.3, -0.25) is 0 Å². The minimum Gasteiger partial charge on any atom is -0.437 e. The summed E-state index contributed by atoms with van der Waals surface area (Å²) in [4.78, 5) is 4.11. The predicted molar refractivity (Wildman–Crippen MR) is 69.6 cm³/mol. The van der Waals surface area contributed by atoms with Crippen molar-refractivity contribution in [1.29, 1.82) is 0 Å². The van der Waals surface area contributed by atoms with Crippen LogP contribution in [0.3, 0.4) is 0 Å². The van der Waals surface area contributed by atoms with Crippen LogP contribution < -0.4 is 10.5 Å². The summed E-state index contributed by atoms with van der Waals surface area (Å²) in [5.74, 6) is 1.08. The summed E-state index contributed by atoms with van der Waals surface area (Å²) in [5, 5.41) is 0.622. The third-order valence-corrected chi connectivity index (χ3v) is 2.76. The van der Waals surface area contributed by atoms with Crippen molar-refractivity contribution in [3.8, 4) is 11.6 Å². The van der Waals surface area contributed by atoms with E-state index in [1.54, 1.807) is 12.3 Å². The molecular weight excluding hydrogens is 236 g/mol. The Balaban J connectivity index is 2.38. The van der Waals surface area contributed by atoms with Crippen molar-refractivity contribution in [3.05, 3.63) is 46.6 Å². The number of aromatic nitrogens is 1. The first-order valence-corrected chi connectivity index (χ1v) is 5.61. The molecule has 0 atom stereocenters. The second kappa shape index (κ2) is 4.63. The second-order valence-corrected chi connectivity index (χ2v) is 4.29. The maximum atomic E-state index is 5.92. The largest absolute Gasteiger partial charge is 0.437 e. The molecule has 0 fully saturated rings. The molecule has 0 aliphatic rings. The third kappa shape index (κ3) is 2.50. The zero-order valence-corrected chi connectivity index (χ0v) is 10.5. The van der Waals surface area contributed by atoms with Gasteiger partial charge >= 0.3 is 0 Å². The van der Waals surface area contributed by atoms with Gasteiger partial charge in [0.1, 0.15) is 5.75 Å². The lowest BCUT2D eigenvalue weighted by atomic mass is 10.2. The highest BCUT2D eigenvalue weighted by Crippen LogP contribution is 2.30. The molecule has 2 rings (SSSR count). The zero-order chi connectivity index (χ0) is 12.4. The molecule has 0 spiro atoms. The van der Waals surface area contributed by atoms with E-state index in [1.807, 2.05) is 32.0 Å². The first kappa shape index (κ1) is 11.7. The van der Waals surface area contributed by atoms with Gasteiger partial charge in [0.05, 0.1) is 5.69 Å². The fourth-order valence-electron chi connectivity index (χ4n) is 1.41. The Labute approximate surface area is 105 Å². The maximum Gasteiger partial charge on any atom is 0.242 e. The van der Waals surface area contributed by atoms with Crippen molar-refractivity contribution >= 4 is 17.3 Å². The molecule has 1 aromatic heterocycles. The third-order valence-electron chi connectivity index (χ3n) is 2.53. The van der Waals surface area contributed by atoms with Crippen molar-refractivity contribution in [2.75, 3.05) is 5.73 Å². The molecule has 2 N–H and O–H groups in total. The molecule has 0 bridgehead atoms. The van der Waals surface area contributed by atoms with E-state index >= 15 is 0 Å². The van der Waals surface area contributed by atoms with E-state index in [1.165, 1.54) is 0 Å². The van der Waals surface area contributed by atoms with Crippen LogP contribution in [0, 0.1) is 13.8 Å².